The van der Waals surface area contributed by atoms with E-state index in [2.05, 4.69) is 18.2 Å². The molecule has 2 nitrogen and oxygen atoms in total. The van der Waals surface area contributed by atoms with Crippen LogP contribution in [0.5, 0.6) is 5.75 Å². The fourth-order valence-corrected chi connectivity index (χ4v) is 2.21. The summed E-state index contributed by atoms with van der Waals surface area (Å²) in [5, 5.41) is 0. The molecule has 2 N–H and O–H groups in total. The minimum absolute atomic E-state index is 0.225. The lowest BCUT2D eigenvalue weighted by Crippen LogP contribution is -2.19. The molecule has 0 heterocycles. The van der Waals surface area contributed by atoms with Crippen LogP contribution < -0.4 is 10.5 Å². The van der Waals surface area contributed by atoms with Gasteiger partial charge in [-0.3, -0.25) is 0 Å². The lowest BCUT2D eigenvalue weighted by molar-refractivity contribution is 0.242. The van der Waals surface area contributed by atoms with Gasteiger partial charge in [0.25, 0.3) is 0 Å². The maximum Gasteiger partial charge on any atom is 0.119 e. The highest BCUT2D eigenvalue weighted by Gasteiger charge is 2.11. The van der Waals surface area contributed by atoms with Crippen molar-refractivity contribution in [2.45, 2.75) is 45.3 Å². The van der Waals surface area contributed by atoms with Gasteiger partial charge in [0.1, 0.15) is 5.75 Å². The first-order valence-electron chi connectivity index (χ1n) is 6.38. The third kappa shape index (κ3) is 3.34. The molecule has 0 bridgehead atoms. The van der Waals surface area contributed by atoms with Gasteiger partial charge in [0.05, 0.1) is 6.10 Å². The highest BCUT2D eigenvalue weighted by atomic mass is 16.5. The Morgan fingerprint density at radius 2 is 1.94 bits per heavy atom. The van der Waals surface area contributed by atoms with Crippen molar-refractivity contribution in [2.75, 3.05) is 0 Å². The molecular formula is C15H21NO. The van der Waals surface area contributed by atoms with Gasteiger partial charge in [-0.15, -0.1) is 0 Å². The fraction of sp³-hybridized carbons (Fsp3) is 0.467. The number of hydrogen-bond acceptors (Lipinski definition) is 2. The molecule has 1 aromatic carbocycles. The van der Waals surface area contributed by atoms with Gasteiger partial charge < -0.3 is 10.5 Å². The Kier molecular flexibility index (Phi) is 3.85. The summed E-state index contributed by atoms with van der Waals surface area (Å²) in [6.07, 6.45) is 5.86. The summed E-state index contributed by atoms with van der Waals surface area (Å²) in [7, 11) is 0. The molecule has 2 rings (SSSR count). The molecule has 1 atom stereocenters. The van der Waals surface area contributed by atoms with Crippen molar-refractivity contribution in [3.63, 3.8) is 0 Å². The highest BCUT2D eigenvalue weighted by Crippen LogP contribution is 2.27. The van der Waals surface area contributed by atoms with Gasteiger partial charge in [-0.05, 0) is 56.4 Å². The fourth-order valence-electron chi connectivity index (χ4n) is 2.21. The lowest BCUT2D eigenvalue weighted by Gasteiger charge is -2.18. The number of benzene rings is 1. The van der Waals surface area contributed by atoms with Crippen LogP contribution in [-0.4, -0.2) is 12.1 Å². The van der Waals surface area contributed by atoms with Gasteiger partial charge in [-0.25, -0.2) is 0 Å². The second-order valence-corrected chi connectivity index (χ2v) is 4.94. The van der Waals surface area contributed by atoms with E-state index < -0.39 is 0 Å². The van der Waals surface area contributed by atoms with Crippen LogP contribution in [0.4, 0.5) is 0 Å². The minimum Gasteiger partial charge on any atom is -0.491 e. The van der Waals surface area contributed by atoms with Gasteiger partial charge in [0.15, 0.2) is 0 Å². The van der Waals surface area contributed by atoms with Gasteiger partial charge in [0, 0.05) is 6.04 Å². The second kappa shape index (κ2) is 5.37. The molecule has 0 aromatic heterocycles. The average molecular weight is 231 g/mol. The molecule has 0 saturated heterocycles. The molecule has 0 saturated carbocycles. The molecule has 17 heavy (non-hydrogen) atoms. The molecule has 1 unspecified atom stereocenters. The zero-order chi connectivity index (χ0) is 12.3. The third-order valence-corrected chi connectivity index (χ3v) is 3.00. The smallest absolute Gasteiger partial charge is 0.119 e. The van der Waals surface area contributed by atoms with E-state index in [1.54, 1.807) is 0 Å². The average Bonchev–Trinajstić information content (AvgIpc) is 2.29. The Balaban J connectivity index is 2.12. The number of ether oxygens (including phenoxy) is 1. The van der Waals surface area contributed by atoms with E-state index >= 15 is 0 Å². The molecule has 1 aliphatic rings. The summed E-state index contributed by atoms with van der Waals surface area (Å²) in [6, 6.07) is 8.56. The Hall–Kier alpha value is -1.28. The lowest BCUT2D eigenvalue weighted by atomic mass is 9.91. The van der Waals surface area contributed by atoms with Crippen molar-refractivity contribution in [3.8, 4) is 5.75 Å². The van der Waals surface area contributed by atoms with E-state index in [1.165, 1.54) is 17.6 Å². The van der Waals surface area contributed by atoms with E-state index in [0.29, 0.717) is 0 Å². The third-order valence-electron chi connectivity index (χ3n) is 3.00. The van der Waals surface area contributed by atoms with E-state index in [0.717, 1.165) is 18.6 Å². The standard InChI is InChI=1S/C15H21NO/c1-11(2)17-15-8-6-12(7-9-15)13-4-3-5-14(16)10-13/h6-11,14H,3-5,16H2,1-2H3. The highest BCUT2D eigenvalue weighted by molar-refractivity contribution is 5.67. The molecule has 1 aliphatic carbocycles. The molecule has 0 aliphatic heterocycles. The summed E-state index contributed by atoms with van der Waals surface area (Å²) in [5.41, 5.74) is 8.61. The Labute approximate surface area is 103 Å². The summed E-state index contributed by atoms with van der Waals surface area (Å²) in [4.78, 5) is 0. The maximum absolute atomic E-state index is 5.96. The van der Waals surface area contributed by atoms with Crippen LogP contribution in [0.1, 0.15) is 38.7 Å². The Morgan fingerprint density at radius 1 is 1.24 bits per heavy atom. The molecule has 0 spiro atoms. The SMILES string of the molecule is CC(C)Oc1ccc(C2=CC(N)CCC2)cc1. The summed E-state index contributed by atoms with van der Waals surface area (Å²) < 4.78 is 5.63. The Morgan fingerprint density at radius 3 is 2.53 bits per heavy atom. The minimum atomic E-state index is 0.225. The molecule has 2 heteroatoms. The van der Waals surface area contributed by atoms with Crippen LogP contribution in [0.2, 0.25) is 0 Å². The molecule has 92 valence electrons. The summed E-state index contributed by atoms with van der Waals surface area (Å²) >= 11 is 0. The molecule has 0 radical (unpaired) electrons. The molecular weight excluding hydrogens is 210 g/mol. The zero-order valence-electron chi connectivity index (χ0n) is 10.6. The van der Waals surface area contributed by atoms with Crippen LogP contribution >= 0.6 is 0 Å². The van der Waals surface area contributed by atoms with Gasteiger partial charge in [-0.2, -0.15) is 0 Å². The van der Waals surface area contributed by atoms with Crippen molar-refractivity contribution in [3.05, 3.63) is 35.9 Å². The Bertz CT molecular complexity index is 392. The number of rotatable bonds is 3. The largest absolute Gasteiger partial charge is 0.491 e. The van der Waals surface area contributed by atoms with Crippen molar-refractivity contribution >= 4 is 5.57 Å². The van der Waals surface area contributed by atoms with E-state index in [9.17, 15) is 0 Å². The molecule has 0 fully saturated rings. The van der Waals surface area contributed by atoms with Crippen LogP contribution in [0, 0.1) is 0 Å². The van der Waals surface area contributed by atoms with E-state index in [4.69, 9.17) is 10.5 Å². The van der Waals surface area contributed by atoms with Gasteiger partial charge >= 0.3 is 0 Å². The van der Waals surface area contributed by atoms with Crippen LogP contribution in [0.3, 0.4) is 0 Å². The van der Waals surface area contributed by atoms with Crippen LogP contribution in [0.15, 0.2) is 30.3 Å². The normalized spacial score (nSPS) is 20.2. The zero-order valence-corrected chi connectivity index (χ0v) is 10.6. The summed E-state index contributed by atoms with van der Waals surface area (Å²) in [5.74, 6) is 0.935. The monoisotopic (exact) mass is 231 g/mol. The van der Waals surface area contributed by atoms with Gasteiger partial charge in [0.2, 0.25) is 0 Å². The first-order valence-corrected chi connectivity index (χ1v) is 6.38. The summed E-state index contributed by atoms with van der Waals surface area (Å²) in [6.45, 7) is 4.08. The van der Waals surface area contributed by atoms with Crippen molar-refractivity contribution < 1.29 is 4.74 Å². The molecule has 1 aromatic rings. The quantitative estimate of drug-likeness (QED) is 0.865. The van der Waals surface area contributed by atoms with E-state index in [-0.39, 0.29) is 12.1 Å². The van der Waals surface area contributed by atoms with Crippen LogP contribution in [0.25, 0.3) is 5.57 Å². The second-order valence-electron chi connectivity index (χ2n) is 4.94. The predicted molar refractivity (Wildman–Crippen MR) is 72.0 cm³/mol. The van der Waals surface area contributed by atoms with Crippen LogP contribution in [-0.2, 0) is 0 Å². The van der Waals surface area contributed by atoms with Crippen molar-refractivity contribution in [1.82, 2.24) is 0 Å². The first kappa shape index (κ1) is 12.2. The van der Waals surface area contributed by atoms with Gasteiger partial charge in [-0.1, -0.05) is 18.2 Å². The maximum atomic E-state index is 5.96. The van der Waals surface area contributed by atoms with Crippen molar-refractivity contribution in [2.24, 2.45) is 5.73 Å². The van der Waals surface area contributed by atoms with E-state index in [1.807, 2.05) is 26.0 Å². The first-order chi connectivity index (χ1) is 8.15. The topological polar surface area (TPSA) is 35.2 Å². The molecule has 0 amide bonds. The number of allylic oxidation sites excluding steroid dienone is 1. The van der Waals surface area contributed by atoms with Crippen molar-refractivity contribution in [1.29, 1.82) is 0 Å². The predicted octanol–water partition coefficient (Wildman–Crippen LogP) is 3.37. The number of nitrogens with two attached hydrogens (primary N) is 1. The number of hydrogen-bond donors (Lipinski definition) is 1.